The number of rotatable bonds is 6. The largest absolute Gasteiger partial charge is 0.384 e. The van der Waals surface area contributed by atoms with E-state index in [9.17, 15) is 14.9 Å². The van der Waals surface area contributed by atoms with Crippen molar-refractivity contribution in [3.8, 4) is 6.07 Å². The van der Waals surface area contributed by atoms with Gasteiger partial charge in [0.2, 0.25) is 11.0 Å². The number of carbonyl (C=O) groups is 2. The molecule has 1 unspecified atom stereocenters. The Balaban J connectivity index is 1.42. The highest BCUT2D eigenvalue weighted by Gasteiger charge is 2.41. The van der Waals surface area contributed by atoms with Crippen LogP contribution in [0.1, 0.15) is 30.7 Å². The Morgan fingerprint density at radius 2 is 2.05 bits per heavy atom. The highest BCUT2D eigenvalue weighted by atomic mass is 79.9. The molecule has 2 aromatic carbocycles. The van der Waals surface area contributed by atoms with Crippen LogP contribution < -0.4 is 16.0 Å². The van der Waals surface area contributed by atoms with Gasteiger partial charge in [-0.15, -0.1) is 10.2 Å². The van der Waals surface area contributed by atoms with Crippen LogP contribution in [0.3, 0.4) is 0 Å². The lowest BCUT2D eigenvalue weighted by atomic mass is 9.76. The van der Waals surface area contributed by atoms with Crippen molar-refractivity contribution < 1.29 is 9.59 Å². The van der Waals surface area contributed by atoms with Gasteiger partial charge in [0.25, 0.3) is 0 Å². The van der Waals surface area contributed by atoms with Crippen LogP contribution in [0.4, 0.5) is 10.8 Å². The second-order valence-corrected chi connectivity index (χ2v) is 12.1. The first-order valence-electron chi connectivity index (χ1n) is 11.6. The predicted octanol–water partition coefficient (Wildman–Crippen LogP) is 5.99. The second-order valence-electron chi connectivity index (χ2n) is 8.57. The third-order valence-corrected chi connectivity index (χ3v) is 8.94. The van der Waals surface area contributed by atoms with Crippen molar-refractivity contribution in [1.29, 1.82) is 5.26 Å². The summed E-state index contributed by atoms with van der Waals surface area (Å²) in [6.45, 7) is 0. The predicted molar refractivity (Wildman–Crippen MR) is 153 cm³/mol. The molecule has 192 valence electrons. The molecule has 0 saturated heterocycles. The number of nitrogens with one attached hydrogen (secondary N) is 1. The first-order chi connectivity index (χ1) is 18.4. The molecule has 1 amide bonds. The Morgan fingerprint density at radius 1 is 1.26 bits per heavy atom. The molecule has 1 aromatic heterocycles. The number of halogens is 2. The van der Waals surface area contributed by atoms with Crippen LogP contribution in [0, 0.1) is 11.3 Å². The van der Waals surface area contributed by atoms with E-state index in [1.807, 2.05) is 18.2 Å². The summed E-state index contributed by atoms with van der Waals surface area (Å²) in [7, 11) is 0. The van der Waals surface area contributed by atoms with Gasteiger partial charge in [-0.2, -0.15) is 5.26 Å². The number of amides is 1. The van der Waals surface area contributed by atoms with Gasteiger partial charge in [0.05, 0.1) is 23.3 Å². The van der Waals surface area contributed by atoms with Crippen molar-refractivity contribution in [3.05, 3.63) is 86.3 Å². The van der Waals surface area contributed by atoms with Crippen LogP contribution in [-0.4, -0.2) is 27.6 Å². The summed E-state index contributed by atoms with van der Waals surface area (Å²) in [6.07, 6.45) is 1.67. The molecule has 38 heavy (non-hydrogen) atoms. The molecule has 1 aliphatic heterocycles. The van der Waals surface area contributed by atoms with Gasteiger partial charge in [0.15, 0.2) is 10.1 Å². The number of hydrogen-bond acceptors (Lipinski definition) is 9. The first kappa shape index (κ1) is 26.4. The fraction of sp³-hybridized carbons (Fsp3) is 0.192. The number of nitrogens with two attached hydrogens (primary N) is 1. The van der Waals surface area contributed by atoms with E-state index in [1.165, 1.54) is 23.1 Å². The Kier molecular flexibility index (Phi) is 7.85. The molecule has 3 N–H and O–H groups in total. The maximum Gasteiger partial charge on any atom is 0.234 e. The number of nitriles is 1. The van der Waals surface area contributed by atoms with Crippen molar-refractivity contribution in [2.24, 2.45) is 5.73 Å². The van der Waals surface area contributed by atoms with Gasteiger partial charge in [-0.3, -0.25) is 14.5 Å². The van der Waals surface area contributed by atoms with Gasteiger partial charge in [0.1, 0.15) is 5.82 Å². The Hall–Kier alpha value is -3.17. The lowest BCUT2D eigenvalue weighted by molar-refractivity contribution is -0.116. The molecule has 12 heteroatoms. The van der Waals surface area contributed by atoms with Crippen molar-refractivity contribution >= 4 is 73.1 Å². The van der Waals surface area contributed by atoms with Gasteiger partial charge in [-0.05, 0) is 54.8 Å². The molecule has 3 aromatic rings. The third-order valence-electron chi connectivity index (χ3n) is 6.14. The monoisotopic (exact) mass is 626 g/mol. The van der Waals surface area contributed by atoms with Crippen LogP contribution in [0.2, 0.25) is 5.02 Å². The van der Waals surface area contributed by atoms with Gasteiger partial charge < -0.3 is 11.1 Å². The highest BCUT2D eigenvalue weighted by Crippen LogP contribution is 2.47. The number of benzene rings is 2. The van der Waals surface area contributed by atoms with E-state index in [1.54, 1.807) is 35.2 Å². The quantitative estimate of drug-likeness (QED) is 0.319. The summed E-state index contributed by atoms with van der Waals surface area (Å²) >= 11 is 12.1. The maximum atomic E-state index is 13.2. The van der Waals surface area contributed by atoms with Crippen LogP contribution in [0.15, 0.2) is 80.0 Å². The van der Waals surface area contributed by atoms with Gasteiger partial charge >= 0.3 is 0 Å². The Bertz CT molecular complexity index is 1530. The molecule has 1 aliphatic carbocycles. The summed E-state index contributed by atoms with van der Waals surface area (Å²) in [4.78, 5) is 27.3. The average molecular weight is 628 g/mol. The maximum absolute atomic E-state index is 13.2. The number of anilines is 2. The Labute approximate surface area is 240 Å². The topological polar surface area (TPSA) is 125 Å². The zero-order valence-corrected chi connectivity index (χ0v) is 23.8. The van der Waals surface area contributed by atoms with Crippen LogP contribution in [0.5, 0.6) is 0 Å². The summed E-state index contributed by atoms with van der Waals surface area (Å²) in [5.74, 6) is -0.438. The normalized spacial score (nSPS) is 17.3. The van der Waals surface area contributed by atoms with E-state index in [4.69, 9.17) is 17.3 Å². The summed E-state index contributed by atoms with van der Waals surface area (Å²) < 4.78 is 1.49. The van der Waals surface area contributed by atoms with Crippen molar-refractivity contribution in [2.75, 3.05) is 16.0 Å². The fourth-order valence-electron chi connectivity index (χ4n) is 4.53. The van der Waals surface area contributed by atoms with Gasteiger partial charge in [-0.25, -0.2) is 0 Å². The molecular formula is C26H20BrClN6O2S2. The first-order valence-corrected chi connectivity index (χ1v) is 14.6. The number of ketones is 1. The van der Waals surface area contributed by atoms with E-state index in [-0.39, 0.29) is 28.8 Å². The van der Waals surface area contributed by atoms with E-state index >= 15 is 0 Å². The van der Waals surface area contributed by atoms with E-state index in [2.05, 4.69) is 37.5 Å². The molecule has 8 nitrogen and oxygen atoms in total. The minimum atomic E-state index is -0.596. The van der Waals surface area contributed by atoms with Gasteiger partial charge in [-0.1, -0.05) is 62.8 Å². The minimum Gasteiger partial charge on any atom is -0.384 e. The second kappa shape index (κ2) is 11.3. The number of aromatic nitrogens is 2. The number of nitrogens with zero attached hydrogens (tertiary/aromatic N) is 4. The molecule has 0 fully saturated rings. The number of carbonyl (C=O) groups excluding carboxylic acids is 2. The van der Waals surface area contributed by atoms with E-state index < -0.39 is 5.92 Å². The summed E-state index contributed by atoms with van der Waals surface area (Å²) in [5, 5.41) is 22.5. The van der Waals surface area contributed by atoms with Gasteiger partial charge in [0, 0.05) is 32.9 Å². The lowest BCUT2D eigenvalue weighted by Gasteiger charge is -2.38. The van der Waals surface area contributed by atoms with Crippen molar-refractivity contribution in [3.63, 3.8) is 0 Å². The van der Waals surface area contributed by atoms with Crippen molar-refractivity contribution in [1.82, 2.24) is 10.2 Å². The summed E-state index contributed by atoms with van der Waals surface area (Å²) in [6, 6.07) is 16.7. The standard InChI is InChI=1S/C26H20BrClN6O2S2/c27-15-7-9-17(10-8-15)31-21(36)13-37-26-33-32-25(38-26)34-19-5-2-6-20(35)23(19)22(18(12-29)24(34)30)14-3-1-4-16(28)11-14/h1,3-4,7-11,22H,2,5-6,13,30H2,(H,31,36). The third kappa shape index (κ3) is 5.35. The zero-order chi connectivity index (χ0) is 26.8. The lowest BCUT2D eigenvalue weighted by Crippen LogP contribution is -2.38. The van der Waals surface area contributed by atoms with Crippen LogP contribution in [0.25, 0.3) is 0 Å². The zero-order valence-electron chi connectivity index (χ0n) is 19.8. The number of thioether (sulfide) groups is 1. The van der Waals surface area contributed by atoms with Crippen LogP contribution >= 0.6 is 50.6 Å². The average Bonchev–Trinajstić information content (AvgIpc) is 3.37. The summed E-state index contributed by atoms with van der Waals surface area (Å²) in [5.41, 5.74) is 9.55. The molecule has 0 saturated carbocycles. The molecule has 1 atom stereocenters. The number of hydrogen-bond donors (Lipinski definition) is 2. The minimum absolute atomic E-state index is 0.0230. The number of Topliss-reactive ketones (excluding diaryl/α,β-unsaturated/α-hetero) is 1. The smallest absolute Gasteiger partial charge is 0.234 e. The molecule has 0 radical (unpaired) electrons. The van der Waals surface area contributed by atoms with Crippen LogP contribution in [-0.2, 0) is 9.59 Å². The number of allylic oxidation sites excluding steroid dienone is 3. The molecule has 2 heterocycles. The SMILES string of the molecule is N#CC1=C(N)N(c2nnc(SCC(=O)Nc3ccc(Br)cc3)s2)C2=C(C(=O)CCC2)C1c1cccc(Cl)c1. The van der Waals surface area contributed by atoms with E-state index in [0.29, 0.717) is 45.0 Å². The molecule has 5 rings (SSSR count). The highest BCUT2D eigenvalue weighted by molar-refractivity contribution is 9.10. The fourth-order valence-corrected chi connectivity index (χ4v) is 6.68. The molecular weight excluding hydrogens is 608 g/mol. The van der Waals surface area contributed by atoms with Crippen molar-refractivity contribution in [2.45, 2.75) is 29.5 Å². The molecule has 0 spiro atoms. The molecule has 0 bridgehead atoms. The Morgan fingerprint density at radius 3 is 2.79 bits per heavy atom. The molecule has 2 aliphatic rings. The van der Waals surface area contributed by atoms with E-state index in [0.717, 1.165) is 15.7 Å².